The SMILES string of the molecule is Brc1ccc2c(c1)OCC(NC1CCC1)C2. The average Bonchev–Trinajstić information content (AvgIpc) is 2.23. The molecule has 0 radical (unpaired) electrons. The zero-order valence-electron chi connectivity index (χ0n) is 9.21. The molecular weight excluding hydrogens is 266 g/mol. The maximum atomic E-state index is 5.79. The van der Waals surface area contributed by atoms with Crippen LogP contribution in [0.3, 0.4) is 0 Å². The second-order valence-electron chi connectivity index (χ2n) is 4.76. The number of hydrogen-bond donors (Lipinski definition) is 1. The monoisotopic (exact) mass is 281 g/mol. The van der Waals surface area contributed by atoms with Crippen LogP contribution in [-0.2, 0) is 6.42 Å². The second kappa shape index (κ2) is 4.38. The maximum absolute atomic E-state index is 5.79. The lowest BCUT2D eigenvalue weighted by molar-refractivity contribution is 0.204. The van der Waals surface area contributed by atoms with Gasteiger partial charge in [0, 0.05) is 16.6 Å². The van der Waals surface area contributed by atoms with Gasteiger partial charge in [-0.1, -0.05) is 28.4 Å². The van der Waals surface area contributed by atoms with E-state index in [-0.39, 0.29) is 0 Å². The van der Waals surface area contributed by atoms with Crippen LogP contribution in [0.2, 0.25) is 0 Å². The highest BCUT2D eigenvalue weighted by molar-refractivity contribution is 9.10. The molecule has 1 aliphatic heterocycles. The van der Waals surface area contributed by atoms with Crippen molar-refractivity contribution in [2.45, 2.75) is 37.8 Å². The molecular formula is C13H16BrNO. The van der Waals surface area contributed by atoms with E-state index in [1.54, 1.807) is 0 Å². The van der Waals surface area contributed by atoms with E-state index in [9.17, 15) is 0 Å². The molecule has 1 aliphatic carbocycles. The third kappa shape index (κ3) is 2.11. The summed E-state index contributed by atoms with van der Waals surface area (Å²) in [7, 11) is 0. The molecule has 2 nitrogen and oxygen atoms in total. The Morgan fingerprint density at radius 2 is 2.12 bits per heavy atom. The van der Waals surface area contributed by atoms with Crippen molar-refractivity contribution in [3.63, 3.8) is 0 Å². The van der Waals surface area contributed by atoms with Gasteiger partial charge in [0.1, 0.15) is 12.4 Å². The second-order valence-corrected chi connectivity index (χ2v) is 5.67. The predicted molar refractivity (Wildman–Crippen MR) is 67.9 cm³/mol. The topological polar surface area (TPSA) is 21.3 Å². The number of fused-ring (bicyclic) bond motifs is 1. The fourth-order valence-electron chi connectivity index (χ4n) is 2.36. The number of hydrogen-bond acceptors (Lipinski definition) is 2. The first-order chi connectivity index (χ1) is 7.81. The molecule has 1 fully saturated rings. The van der Waals surface area contributed by atoms with Crippen LogP contribution in [0, 0.1) is 0 Å². The summed E-state index contributed by atoms with van der Waals surface area (Å²) in [6.07, 6.45) is 5.15. The van der Waals surface area contributed by atoms with E-state index in [0.29, 0.717) is 6.04 Å². The van der Waals surface area contributed by atoms with Gasteiger partial charge in [-0.25, -0.2) is 0 Å². The van der Waals surface area contributed by atoms with Crippen LogP contribution < -0.4 is 10.1 Å². The molecule has 0 bridgehead atoms. The summed E-state index contributed by atoms with van der Waals surface area (Å²) < 4.78 is 6.89. The minimum absolute atomic E-state index is 0.499. The van der Waals surface area contributed by atoms with Gasteiger partial charge in [0.15, 0.2) is 0 Å². The lowest BCUT2D eigenvalue weighted by atomic mass is 9.91. The highest BCUT2D eigenvalue weighted by atomic mass is 79.9. The summed E-state index contributed by atoms with van der Waals surface area (Å²) in [5.41, 5.74) is 1.33. The number of rotatable bonds is 2. The van der Waals surface area contributed by atoms with Gasteiger partial charge in [-0.05, 0) is 37.0 Å². The third-order valence-corrected chi connectivity index (χ3v) is 4.01. The zero-order valence-corrected chi connectivity index (χ0v) is 10.8. The molecule has 1 aromatic rings. The number of nitrogens with one attached hydrogen (secondary N) is 1. The first-order valence-electron chi connectivity index (χ1n) is 5.98. The summed E-state index contributed by atoms with van der Waals surface area (Å²) >= 11 is 3.47. The fraction of sp³-hybridized carbons (Fsp3) is 0.538. The van der Waals surface area contributed by atoms with Crippen LogP contribution in [0.15, 0.2) is 22.7 Å². The minimum atomic E-state index is 0.499. The molecule has 0 amide bonds. The largest absolute Gasteiger partial charge is 0.492 e. The Morgan fingerprint density at radius 3 is 2.88 bits per heavy atom. The van der Waals surface area contributed by atoms with Gasteiger partial charge in [0.25, 0.3) is 0 Å². The van der Waals surface area contributed by atoms with Crippen LogP contribution in [0.1, 0.15) is 24.8 Å². The summed E-state index contributed by atoms with van der Waals surface area (Å²) in [5, 5.41) is 3.67. The smallest absolute Gasteiger partial charge is 0.123 e. The average molecular weight is 282 g/mol. The Bertz CT molecular complexity index is 390. The van der Waals surface area contributed by atoms with E-state index >= 15 is 0 Å². The molecule has 2 aliphatic rings. The van der Waals surface area contributed by atoms with E-state index in [1.165, 1.54) is 24.8 Å². The van der Waals surface area contributed by atoms with Gasteiger partial charge in [0.05, 0.1) is 0 Å². The minimum Gasteiger partial charge on any atom is -0.492 e. The molecule has 1 atom stereocenters. The molecule has 3 heteroatoms. The van der Waals surface area contributed by atoms with Crippen molar-refractivity contribution >= 4 is 15.9 Å². The van der Waals surface area contributed by atoms with Gasteiger partial charge in [0.2, 0.25) is 0 Å². The Balaban J connectivity index is 1.68. The van der Waals surface area contributed by atoms with Crippen LogP contribution >= 0.6 is 15.9 Å². The molecule has 1 aromatic carbocycles. The number of halogens is 1. The first kappa shape index (κ1) is 10.6. The third-order valence-electron chi connectivity index (χ3n) is 3.51. The van der Waals surface area contributed by atoms with Crippen molar-refractivity contribution in [1.82, 2.24) is 5.32 Å². The Hall–Kier alpha value is -0.540. The van der Waals surface area contributed by atoms with E-state index in [1.807, 2.05) is 0 Å². The maximum Gasteiger partial charge on any atom is 0.123 e. The molecule has 1 saturated carbocycles. The van der Waals surface area contributed by atoms with Gasteiger partial charge in [-0.3, -0.25) is 0 Å². The van der Waals surface area contributed by atoms with Gasteiger partial charge in [-0.2, -0.15) is 0 Å². The van der Waals surface area contributed by atoms with Crippen LogP contribution in [0.4, 0.5) is 0 Å². The van der Waals surface area contributed by atoms with Gasteiger partial charge < -0.3 is 10.1 Å². The van der Waals surface area contributed by atoms with Crippen molar-refractivity contribution in [3.8, 4) is 5.75 Å². The standard InChI is InChI=1S/C13H16BrNO/c14-10-5-4-9-6-12(8-16-13(9)7-10)15-11-2-1-3-11/h4-5,7,11-12,15H,1-3,6,8H2. The molecule has 1 unspecified atom stereocenters. The van der Waals surface area contributed by atoms with Crippen molar-refractivity contribution in [1.29, 1.82) is 0 Å². The first-order valence-corrected chi connectivity index (χ1v) is 6.78. The number of benzene rings is 1. The van der Waals surface area contributed by atoms with Crippen molar-refractivity contribution in [2.24, 2.45) is 0 Å². The zero-order chi connectivity index (χ0) is 11.0. The van der Waals surface area contributed by atoms with E-state index in [0.717, 1.165) is 29.3 Å². The van der Waals surface area contributed by atoms with Gasteiger partial charge >= 0.3 is 0 Å². The van der Waals surface area contributed by atoms with Crippen molar-refractivity contribution in [2.75, 3.05) is 6.61 Å². The summed E-state index contributed by atoms with van der Waals surface area (Å²) in [4.78, 5) is 0. The Morgan fingerprint density at radius 1 is 1.25 bits per heavy atom. The molecule has 0 saturated heterocycles. The lowest BCUT2D eigenvalue weighted by Gasteiger charge is -2.34. The highest BCUT2D eigenvalue weighted by Gasteiger charge is 2.25. The van der Waals surface area contributed by atoms with E-state index < -0.39 is 0 Å². The van der Waals surface area contributed by atoms with Crippen LogP contribution in [0.5, 0.6) is 5.75 Å². The Kier molecular flexibility index (Phi) is 2.90. The lowest BCUT2D eigenvalue weighted by Crippen LogP contribution is -2.47. The van der Waals surface area contributed by atoms with E-state index in [4.69, 9.17) is 4.74 Å². The normalized spacial score (nSPS) is 24.4. The molecule has 0 aromatic heterocycles. The molecule has 16 heavy (non-hydrogen) atoms. The predicted octanol–water partition coefficient (Wildman–Crippen LogP) is 2.89. The Labute approximate surface area is 105 Å². The van der Waals surface area contributed by atoms with E-state index in [2.05, 4.69) is 39.4 Å². The quantitative estimate of drug-likeness (QED) is 0.900. The molecule has 1 N–H and O–H groups in total. The highest BCUT2D eigenvalue weighted by Crippen LogP contribution is 2.29. The summed E-state index contributed by atoms with van der Waals surface area (Å²) in [6.45, 7) is 0.806. The molecule has 86 valence electrons. The number of ether oxygens (including phenoxy) is 1. The summed E-state index contributed by atoms with van der Waals surface area (Å²) in [6, 6.07) is 7.56. The molecule has 1 heterocycles. The van der Waals surface area contributed by atoms with Crippen LogP contribution in [0.25, 0.3) is 0 Å². The fourth-order valence-corrected chi connectivity index (χ4v) is 2.70. The molecule has 3 rings (SSSR count). The van der Waals surface area contributed by atoms with Crippen molar-refractivity contribution in [3.05, 3.63) is 28.2 Å². The van der Waals surface area contributed by atoms with Gasteiger partial charge in [-0.15, -0.1) is 0 Å². The molecule has 0 spiro atoms. The van der Waals surface area contributed by atoms with Crippen LogP contribution in [-0.4, -0.2) is 18.7 Å². The van der Waals surface area contributed by atoms with Crippen molar-refractivity contribution < 1.29 is 4.74 Å². The summed E-state index contributed by atoms with van der Waals surface area (Å²) in [5.74, 6) is 1.04.